The molecular weight excluding hydrogens is 214 g/mol. The van der Waals surface area contributed by atoms with Crippen molar-refractivity contribution in [1.29, 1.82) is 0 Å². The second-order valence-corrected chi connectivity index (χ2v) is 3.76. The van der Waals surface area contributed by atoms with E-state index in [1.54, 1.807) is 18.2 Å². The third-order valence-corrected chi connectivity index (χ3v) is 2.64. The van der Waals surface area contributed by atoms with Crippen molar-refractivity contribution in [3.05, 3.63) is 59.7 Å². The Morgan fingerprint density at radius 1 is 1.12 bits per heavy atom. The van der Waals surface area contributed by atoms with E-state index in [9.17, 15) is 9.90 Å². The summed E-state index contributed by atoms with van der Waals surface area (Å²) in [4.78, 5) is 11.1. The fourth-order valence-electron chi connectivity index (χ4n) is 1.78. The van der Waals surface area contributed by atoms with Crippen LogP contribution in [-0.2, 0) is 6.61 Å². The molecule has 3 nitrogen and oxygen atoms in total. The third-order valence-electron chi connectivity index (χ3n) is 2.64. The van der Waals surface area contributed by atoms with Crippen LogP contribution < -0.4 is 5.73 Å². The van der Waals surface area contributed by atoms with Crippen molar-refractivity contribution >= 4 is 5.91 Å². The Labute approximate surface area is 99.5 Å². The van der Waals surface area contributed by atoms with Gasteiger partial charge in [0, 0.05) is 5.56 Å². The molecule has 0 bridgehead atoms. The van der Waals surface area contributed by atoms with Crippen molar-refractivity contribution in [2.75, 3.05) is 0 Å². The van der Waals surface area contributed by atoms with Crippen LogP contribution >= 0.6 is 0 Å². The van der Waals surface area contributed by atoms with Gasteiger partial charge in [-0.15, -0.1) is 0 Å². The topological polar surface area (TPSA) is 63.3 Å². The first kappa shape index (κ1) is 11.4. The minimum absolute atomic E-state index is 0.120. The molecule has 0 aliphatic carbocycles. The zero-order valence-electron chi connectivity index (χ0n) is 9.26. The minimum atomic E-state index is -0.487. The van der Waals surface area contributed by atoms with Crippen LogP contribution in [0.15, 0.2) is 48.5 Å². The molecule has 0 aliphatic rings. The van der Waals surface area contributed by atoms with Gasteiger partial charge in [0.2, 0.25) is 5.91 Å². The number of nitrogens with two attached hydrogens (primary N) is 1. The van der Waals surface area contributed by atoms with Gasteiger partial charge in [-0.25, -0.2) is 0 Å². The maximum atomic E-state index is 11.1. The molecule has 0 unspecified atom stereocenters. The number of benzene rings is 2. The molecule has 3 N–H and O–H groups in total. The largest absolute Gasteiger partial charge is 0.392 e. The smallest absolute Gasteiger partial charge is 0.248 e. The summed E-state index contributed by atoms with van der Waals surface area (Å²) < 4.78 is 0. The number of amides is 1. The quantitative estimate of drug-likeness (QED) is 0.841. The second-order valence-electron chi connectivity index (χ2n) is 3.76. The number of carbonyl (C=O) groups excluding carboxylic acids is 1. The summed E-state index contributed by atoms with van der Waals surface area (Å²) in [6.45, 7) is -0.120. The molecule has 0 heterocycles. The summed E-state index contributed by atoms with van der Waals surface area (Å²) in [5.74, 6) is -0.487. The maximum absolute atomic E-state index is 11.1. The van der Waals surface area contributed by atoms with E-state index < -0.39 is 5.91 Å². The Kier molecular flexibility index (Phi) is 3.21. The molecule has 0 aliphatic heterocycles. The molecule has 2 aromatic rings. The van der Waals surface area contributed by atoms with Crippen LogP contribution in [0, 0.1) is 0 Å². The molecule has 0 aromatic heterocycles. The van der Waals surface area contributed by atoms with Gasteiger partial charge in [-0.3, -0.25) is 4.79 Å². The van der Waals surface area contributed by atoms with Gasteiger partial charge in [-0.05, 0) is 28.8 Å². The van der Waals surface area contributed by atoms with E-state index >= 15 is 0 Å². The molecule has 0 saturated heterocycles. The fraction of sp³-hybridized carbons (Fsp3) is 0.0714. The van der Waals surface area contributed by atoms with E-state index in [4.69, 9.17) is 5.73 Å². The highest BCUT2D eigenvalue weighted by Gasteiger charge is 2.07. The Morgan fingerprint density at radius 2 is 1.82 bits per heavy atom. The molecule has 3 heteroatoms. The zero-order valence-corrected chi connectivity index (χ0v) is 9.26. The summed E-state index contributed by atoms with van der Waals surface area (Å²) in [6.07, 6.45) is 0. The molecule has 0 spiro atoms. The van der Waals surface area contributed by atoms with Crippen molar-refractivity contribution in [3.63, 3.8) is 0 Å². The predicted octanol–water partition coefficient (Wildman–Crippen LogP) is 1.94. The lowest BCUT2D eigenvalue weighted by Gasteiger charge is -2.08. The average molecular weight is 227 g/mol. The van der Waals surface area contributed by atoms with Gasteiger partial charge >= 0.3 is 0 Å². The van der Waals surface area contributed by atoms with Gasteiger partial charge in [0.25, 0.3) is 0 Å². The second kappa shape index (κ2) is 4.80. The van der Waals surface area contributed by atoms with E-state index in [0.717, 1.165) is 11.1 Å². The van der Waals surface area contributed by atoms with Crippen molar-refractivity contribution in [2.45, 2.75) is 6.61 Å². The molecule has 0 saturated carbocycles. The normalized spacial score (nSPS) is 10.2. The van der Waals surface area contributed by atoms with Crippen molar-refractivity contribution in [3.8, 4) is 11.1 Å². The fourth-order valence-corrected chi connectivity index (χ4v) is 1.78. The number of aliphatic hydroxyl groups is 1. The molecule has 0 fully saturated rings. The maximum Gasteiger partial charge on any atom is 0.248 e. The minimum Gasteiger partial charge on any atom is -0.392 e. The Balaban J connectivity index is 2.52. The standard InChI is InChI=1S/C14H13NO2/c15-14(17)11-6-7-13(12(8-11)9-16)10-4-2-1-3-5-10/h1-8,16H,9H2,(H2,15,17). The van der Waals surface area contributed by atoms with Crippen LogP contribution in [0.2, 0.25) is 0 Å². The van der Waals surface area contributed by atoms with Gasteiger partial charge in [-0.1, -0.05) is 36.4 Å². The number of carbonyl (C=O) groups is 1. The van der Waals surface area contributed by atoms with Gasteiger partial charge < -0.3 is 10.8 Å². The lowest BCUT2D eigenvalue weighted by Crippen LogP contribution is -2.11. The van der Waals surface area contributed by atoms with E-state index in [1.807, 2.05) is 30.3 Å². The summed E-state index contributed by atoms with van der Waals surface area (Å²) in [6, 6.07) is 14.8. The van der Waals surface area contributed by atoms with E-state index in [0.29, 0.717) is 11.1 Å². The molecular formula is C14H13NO2. The first-order valence-electron chi connectivity index (χ1n) is 5.31. The molecule has 1 amide bonds. The number of aliphatic hydroxyl groups excluding tert-OH is 1. The highest BCUT2D eigenvalue weighted by Crippen LogP contribution is 2.24. The average Bonchev–Trinajstić information content (AvgIpc) is 2.39. The lowest BCUT2D eigenvalue weighted by molar-refractivity contribution is 0.1000. The van der Waals surface area contributed by atoms with Crippen molar-refractivity contribution < 1.29 is 9.90 Å². The van der Waals surface area contributed by atoms with E-state index in [-0.39, 0.29) is 6.61 Å². The number of primary amides is 1. The van der Waals surface area contributed by atoms with Crippen LogP contribution in [-0.4, -0.2) is 11.0 Å². The SMILES string of the molecule is NC(=O)c1ccc(-c2ccccc2)c(CO)c1. The molecule has 0 radical (unpaired) electrons. The molecule has 0 atom stereocenters. The third kappa shape index (κ3) is 2.34. The van der Waals surface area contributed by atoms with Crippen LogP contribution in [0.25, 0.3) is 11.1 Å². The lowest BCUT2D eigenvalue weighted by atomic mass is 9.98. The summed E-state index contributed by atoms with van der Waals surface area (Å²) >= 11 is 0. The highest BCUT2D eigenvalue weighted by molar-refractivity contribution is 5.93. The predicted molar refractivity (Wildman–Crippen MR) is 66.3 cm³/mol. The first-order valence-corrected chi connectivity index (χ1v) is 5.31. The zero-order chi connectivity index (χ0) is 12.3. The molecule has 2 aromatic carbocycles. The van der Waals surface area contributed by atoms with Crippen molar-refractivity contribution in [2.24, 2.45) is 5.73 Å². The Bertz CT molecular complexity index is 535. The van der Waals surface area contributed by atoms with Gasteiger partial charge in [-0.2, -0.15) is 0 Å². The number of rotatable bonds is 3. The van der Waals surface area contributed by atoms with Gasteiger partial charge in [0.1, 0.15) is 0 Å². The number of hydrogen-bond donors (Lipinski definition) is 2. The summed E-state index contributed by atoms with van der Waals surface area (Å²) in [7, 11) is 0. The summed E-state index contributed by atoms with van der Waals surface area (Å²) in [5.41, 5.74) is 8.24. The van der Waals surface area contributed by atoms with Crippen molar-refractivity contribution in [1.82, 2.24) is 0 Å². The van der Waals surface area contributed by atoms with Crippen LogP contribution in [0.5, 0.6) is 0 Å². The summed E-state index contributed by atoms with van der Waals surface area (Å²) in [5, 5.41) is 9.33. The van der Waals surface area contributed by atoms with Crippen LogP contribution in [0.1, 0.15) is 15.9 Å². The Hall–Kier alpha value is -2.13. The highest BCUT2D eigenvalue weighted by atomic mass is 16.3. The molecule has 17 heavy (non-hydrogen) atoms. The van der Waals surface area contributed by atoms with Gasteiger partial charge in [0.15, 0.2) is 0 Å². The van der Waals surface area contributed by atoms with Crippen LogP contribution in [0.3, 0.4) is 0 Å². The number of hydrogen-bond acceptors (Lipinski definition) is 2. The molecule has 86 valence electrons. The first-order chi connectivity index (χ1) is 8.22. The van der Waals surface area contributed by atoms with Gasteiger partial charge in [0.05, 0.1) is 6.61 Å². The Morgan fingerprint density at radius 3 is 2.41 bits per heavy atom. The van der Waals surface area contributed by atoms with E-state index in [1.165, 1.54) is 0 Å². The van der Waals surface area contributed by atoms with Crippen LogP contribution in [0.4, 0.5) is 0 Å². The molecule has 2 rings (SSSR count). The van der Waals surface area contributed by atoms with E-state index in [2.05, 4.69) is 0 Å². The monoisotopic (exact) mass is 227 g/mol.